The first-order valence-corrected chi connectivity index (χ1v) is 6.25. The number of rotatable bonds is 4. The minimum Gasteiger partial charge on any atom is -0.339 e. The van der Waals surface area contributed by atoms with Crippen molar-refractivity contribution in [1.82, 2.24) is 0 Å². The van der Waals surface area contributed by atoms with Crippen LogP contribution in [0.1, 0.15) is 22.8 Å². The van der Waals surface area contributed by atoms with Crippen LogP contribution in [0, 0.1) is 12.7 Å². The van der Waals surface area contributed by atoms with E-state index in [2.05, 4.69) is 0 Å². The molecule has 2 aromatic rings. The molecule has 0 unspecified atom stereocenters. The van der Waals surface area contributed by atoms with Gasteiger partial charge in [0.05, 0.1) is 5.69 Å². The molecule has 0 aliphatic heterocycles. The fourth-order valence-electron chi connectivity index (χ4n) is 2.20. The molecule has 2 rings (SSSR count). The lowest BCUT2D eigenvalue weighted by molar-refractivity contribution is 0.112. The van der Waals surface area contributed by atoms with E-state index in [-0.39, 0.29) is 5.82 Å². The smallest absolute Gasteiger partial charge is 0.150 e. The zero-order valence-electron chi connectivity index (χ0n) is 11.1. The van der Waals surface area contributed by atoms with Gasteiger partial charge in [0.2, 0.25) is 0 Å². The molecule has 2 aromatic carbocycles. The number of para-hydroxylation sites is 1. The predicted octanol–water partition coefficient (Wildman–Crippen LogP) is 4.10. The van der Waals surface area contributed by atoms with E-state index in [9.17, 15) is 9.18 Å². The normalized spacial score (nSPS) is 10.3. The third kappa shape index (κ3) is 2.65. The lowest BCUT2D eigenvalue weighted by atomic mass is 10.1. The summed E-state index contributed by atoms with van der Waals surface area (Å²) in [5.74, 6) is -0.247. The molecule has 0 spiro atoms. The van der Waals surface area contributed by atoms with Crippen LogP contribution in [-0.4, -0.2) is 12.8 Å². The number of anilines is 2. The Bertz CT molecular complexity index is 595. The van der Waals surface area contributed by atoms with Crippen LogP contribution in [0.2, 0.25) is 0 Å². The largest absolute Gasteiger partial charge is 0.339 e. The lowest BCUT2D eigenvalue weighted by Crippen LogP contribution is -2.18. The topological polar surface area (TPSA) is 20.3 Å². The number of hydrogen-bond acceptors (Lipinski definition) is 2. The molecule has 0 bridgehead atoms. The lowest BCUT2D eigenvalue weighted by Gasteiger charge is -2.25. The Labute approximate surface area is 112 Å². The minimum atomic E-state index is -0.247. The van der Waals surface area contributed by atoms with E-state index in [1.807, 2.05) is 36.9 Å². The minimum absolute atomic E-state index is 0.247. The molecule has 0 heterocycles. The molecule has 0 amide bonds. The molecule has 0 radical (unpaired) electrons. The molecule has 19 heavy (non-hydrogen) atoms. The van der Waals surface area contributed by atoms with E-state index in [0.717, 1.165) is 17.5 Å². The van der Waals surface area contributed by atoms with Crippen molar-refractivity contribution in [2.24, 2.45) is 0 Å². The molecule has 0 atom stereocenters. The van der Waals surface area contributed by atoms with Crippen LogP contribution in [-0.2, 0) is 0 Å². The van der Waals surface area contributed by atoms with Gasteiger partial charge in [0.15, 0.2) is 0 Å². The number of carbonyl (C=O) groups excluding carboxylic acids is 1. The van der Waals surface area contributed by atoms with Gasteiger partial charge in [0.25, 0.3) is 0 Å². The molecule has 0 saturated heterocycles. The number of benzene rings is 2. The van der Waals surface area contributed by atoms with E-state index in [1.54, 1.807) is 18.2 Å². The molecule has 0 aliphatic carbocycles. The summed E-state index contributed by atoms with van der Waals surface area (Å²) in [5.41, 5.74) is 3.05. The molecule has 0 N–H and O–H groups in total. The van der Waals surface area contributed by atoms with Gasteiger partial charge in [-0.05, 0) is 49.7 Å². The van der Waals surface area contributed by atoms with Gasteiger partial charge in [-0.3, -0.25) is 4.79 Å². The molecule has 0 fully saturated rings. The highest BCUT2D eigenvalue weighted by atomic mass is 19.1. The zero-order valence-corrected chi connectivity index (χ0v) is 11.1. The quantitative estimate of drug-likeness (QED) is 0.768. The Morgan fingerprint density at radius 2 is 1.89 bits per heavy atom. The molecule has 0 aromatic heterocycles. The molecule has 0 saturated carbocycles. The van der Waals surface area contributed by atoms with Crippen molar-refractivity contribution >= 4 is 17.7 Å². The summed E-state index contributed by atoms with van der Waals surface area (Å²) in [6.07, 6.45) is 0.816. The summed E-state index contributed by atoms with van der Waals surface area (Å²) < 4.78 is 13.9. The highest BCUT2D eigenvalue weighted by molar-refractivity contribution is 5.78. The average molecular weight is 257 g/mol. The SMILES string of the molecule is CCN(c1ccc(C=O)cc1C)c1ccccc1F. The maximum absolute atomic E-state index is 13.9. The molecule has 98 valence electrons. The van der Waals surface area contributed by atoms with Gasteiger partial charge < -0.3 is 4.90 Å². The fraction of sp³-hybridized carbons (Fsp3) is 0.188. The molecular formula is C16H16FNO. The van der Waals surface area contributed by atoms with Crippen molar-refractivity contribution in [2.45, 2.75) is 13.8 Å². The van der Waals surface area contributed by atoms with E-state index in [0.29, 0.717) is 17.8 Å². The number of nitrogens with zero attached hydrogens (tertiary/aromatic N) is 1. The van der Waals surface area contributed by atoms with E-state index in [4.69, 9.17) is 0 Å². The Morgan fingerprint density at radius 1 is 1.16 bits per heavy atom. The second-order valence-corrected chi connectivity index (χ2v) is 4.36. The van der Waals surface area contributed by atoms with Gasteiger partial charge in [-0.15, -0.1) is 0 Å². The van der Waals surface area contributed by atoms with E-state index in [1.165, 1.54) is 6.07 Å². The first-order chi connectivity index (χ1) is 9.17. The Balaban J connectivity index is 2.48. The highest BCUT2D eigenvalue weighted by Crippen LogP contribution is 2.30. The van der Waals surface area contributed by atoms with E-state index >= 15 is 0 Å². The molecule has 3 heteroatoms. The van der Waals surface area contributed by atoms with Gasteiger partial charge in [-0.1, -0.05) is 12.1 Å². The van der Waals surface area contributed by atoms with Gasteiger partial charge in [0, 0.05) is 17.8 Å². The third-order valence-electron chi connectivity index (χ3n) is 3.11. The summed E-state index contributed by atoms with van der Waals surface area (Å²) in [6.45, 7) is 4.55. The number of halogens is 1. The summed E-state index contributed by atoms with van der Waals surface area (Å²) in [4.78, 5) is 12.7. The summed E-state index contributed by atoms with van der Waals surface area (Å²) in [6, 6.07) is 12.1. The third-order valence-corrected chi connectivity index (χ3v) is 3.11. The maximum Gasteiger partial charge on any atom is 0.150 e. The van der Waals surface area contributed by atoms with Crippen LogP contribution in [0.25, 0.3) is 0 Å². The van der Waals surface area contributed by atoms with Crippen LogP contribution in [0.4, 0.5) is 15.8 Å². The van der Waals surface area contributed by atoms with Crippen LogP contribution < -0.4 is 4.90 Å². The summed E-state index contributed by atoms with van der Waals surface area (Å²) in [7, 11) is 0. The Morgan fingerprint density at radius 3 is 2.47 bits per heavy atom. The molecule has 0 aliphatic rings. The molecule has 2 nitrogen and oxygen atoms in total. The Kier molecular flexibility index (Phi) is 3.95. The monoisotopic (exact) mass is 257 g/mol. The fourth-order valence-corrected chi connectivity index (χ4v) is 2.20. The number of carbonyl (C=O) groups is 1. The van der Waals surface area contributed by atoms with Crippen molar-refractivity contribution in [3.05, 3.63) is 59.4 Å². The first-order valence-electron chi connectivity index (χ1n) is 6.25. The second-order valence-electron chi connectivity index (χ2n) is 4.36. The standard InChI is InChI=1S/C16H16FNO/c1-3-18(16-7-5-4-6-14(16)17)15-9-8-13(11-19)10-12(15)2/h4-11H,3H2,1-2H3. The maximum atomic E-state index is 13.9. The van der Waals surface area contributed by atoms with Crippen molar-refractivity contribution in [3.8, 4) is 0 Å². The first kappa shape index (κ1) is 13.3. The van der Waals surface area contributed by atoms with E-state index < -0.39 is 0 Å². The van der Waals surface area contributed by atoms with Crippen molar-refractivity contribution in [3.63, 3.8) is 0 Å². The summed E-state index contributed by atoms with van der Waals surface area (Å²) in [5, 5.41) is 0. The molecular weight excluding hydrogens is 241 g/mol. The van der Waals surface area contributed by atoms with Crippen molar-refractivity contribution < 1.29 is 9.18 Å². The van der Waals surface area contributed by atoms with Gasteiger partial charge in [-0.2, -0.15) is 0 Å². The van der Waals surface area contributed by atoms with Crippen molar-refractivity contribution in [1.29, 1.82) is 0 Å². The number of hydrogen-bond donors (Lipinski definition) is 0. The van der Waals surface area contributed by atoms with Crippen LogP contribution in [0.3, 0.4) is 0 Å². The van der Waals surface area contributed by atoms with Gasteiger partial charge in [-0.25, -0.2) is 4.39 Å². The average Bonchev–Trinajstić information content (AvgIpc) is 2.43. The van der Waals surface area contributed by atoms with Crippen LogP contribution in [0.5, 0.6) is 0 Å². The zero-order chi connectivity index (χ0) is 13.8. The second kappa shape index (κ2) is 5.65. The predicted molar refractivity (Wildman–Crippen MR) is 75.6 cm³/mol. The van der Waals surface area contributed by atoms with Crippen LogP contribution >= 0.6 is 0 Å². The number of aryl methyl sites for hydroxylation is 1. The van der Waals surface area contributed by atoms with Crippen LogP contribution in [0.15, 0.2) is 42.5 Å². The van der Waals surface area contributed by atoms with Crippen molar-refractivity contribution in [2.75, 3.05) is 11.4 Å². The Hall–Kier alpha value is -2.16. The highest BCUT2D eigenvalue weighted by Gasteiger charge is 2.13. The summed E-state index contributed by atoms with van der Waals surface area (Å²) >= 11 is 0. The van der Waals surface area contributed by atoms with Gasteiger partial charge >= 0.3 is 0 Å². The van der Waals surface area contributed by atoms with Gasteiger partial charge in [0.1, 0.15) is 12.1 Å². The number of aldehydes is 1.